The summed E-state index contributed by atoms with van der Waals surface area (Å²) in [6.45, 7) is 5.65. The molecule has 1 aromatic carbocycles. The van der Waals surface area contributed by atoms with E-state index in [1.807, 2.05) is 31.2 Å². The van der Waals surface area contributed by atoms with E-state index >= 15 is 0 Å². The van der Waals surface area contributed by atoms with Crippen molar-refractivity contribution in [1.29, 1.82) is 0 Å². The van der Waals surface area contributed by atoms with Crippen molar-refractivity contribution in [3.63, 3.8) is 0 Å². The number of benzene rings is 1. The van der Waals surface area contributed by atoms with Crippen molar-refractivity contribution in [2.75, 3.05) is 7.11 Å². The smallest absolute Gasteiger partial charge is 0.311 e. The molecule has 1 N–H and O–H groups in total. The van der Waals surface area contributed by atoms with E-state index in [1.54, 1.807) is 6.92 Å². The third-order valence-corrected chi connectivity index (χ3v) is 3.67. The van der Waals surface area contributed by atoms with Crippen molar-refractivity contribution >= 4 is 5.97 Å². The fourth-order valence-corrected chi connectivity index (χ4v) is 2.16. The maximum Gasteiger partial charge on any atom is 0.311 e. The second kappa shape index (κ2) is 6.01. The van der Waals surface area contributed by atoms with Gasteiger partial charge in [-0.15, -0.1) is 0 Å². The van der Waals surface area contributed by atoms with Crippen LogP contribution in [0.4, 0.5) is 0 Å². The third kappa shape index (κ3) is 2.72. The number of esters is 1. The van der Waals surface area contributed by atoms with E-state index in [0.717, 1.165) is 12.0 Å². The van der Waals surface area contributed by atoms with Gasteiger partial charge in [-0.3, -0.25) is 4.79 Å². The number of methoxy groups -OCH3 is 1. The summed E-state index contributed by atoms with van der Waals surface area (Å²) in [4.78, 5) is 11.6. The average Bonchev–Trinajstić information content (AvgIpc) is 2.44. The number of hydrogen-bond donors (Lipinski definition) is 1. The van der Waals surface area contributed by atoms with E-state index in [0.29, 0.717) is 6.42 Å². The molecule has 0 saturated heterocycles. The lowest BCUT2D eigenvalue weighted by atomic mass is 9.80. The lowest BCUT2D eigenvalue weighted by Gasteiger charge is -2.32. The van der Waals surface area contributed by atoms with Crippen LogP contribution >= 0.6 is 0 Å². The van der Waals surface area contributed by atoms with Gasteiger partial charge in [0.05, 0.1) is 13.0 Å². The Balaban J connectivity index is 3.09. The number of carbonyl (C=O) groups excluding carboxylic acids is 1. The zero-order chi connectivity index (χ0) is 13.8. The molecule has 0 bridgehead atoms. The Kier molecular flexibility index (Phi) is 4.91. The summed E-state index contributed by atoms with van der Waals surface area (Å²) in [5, 5.41) is 10.7. The molecule has 0 heterocycles. The van der Waals surface area contributed by atoms with Crippen LogP contribution in [0, 0.1) is 5.92 Å². The summed E-state index contributed by atoms with van der Waals surface area (Å²) in [5.74, 6) is -0.973. The highest BCUT2D eigenvalue weighted by Gasteiger charge is 2.38. The highest BCUT2D eigenvalue weighted by atomic mass is 16.5. The molecule has 0 fully saturated rings. The fourth-order valence-electron chi connectivity index (χ4n) is 2.16. The lowest BCUT2D eigenvalue weighted by molar-refractivity contribution is -0.155. The van der Waals surface area contributed by atoms with Gasteiger partial charge in [-0.1, -0.05) is 38.1 Å². The summed E-state index contributed by atoms with van der Waals surface area (Å²) in [6.07, 6.45) is 1.42. The van der Waals surface area contributed by atoms with Gasteiger partial charge in [0.2, 0.25) is 0 Å². The third-order valence-electron chi connectivity index (χ3n) is 3.67. The SMILES string of the molecule is CCc1ccc(C(O)(CC)C(C)C(=O)OC)cc1. The molecule has 0 aliphatic carbocycles. The summed E-state index contributed by atoms with van der Waals surface area (Å²) < 4.78 is 4.73. The molecule has 2 unspecified atom stereocenters. The lowest BCUT2D eigenvalue weighted by Crippen LogP contribution is -2.38. The predicted octanol–water partition coefficient (Wildman–Crippen LogP) is 2.66. The first-order valence-electron chi connectivity index (χ1n) is 6.39. The van der Waals surface area contributed by atoms with Gasteiger partial charge in [-0.05, 0) is 30.9 Å². The topological polar surface area (TPSA) is 46.5 Å². The minimum Gasteiger partial charge on any atom is -0.469 e. The summed E-state index contributed by atoms with van der Waals surface area (Å²) >= 11 is 0. The molecule has 0 aliphatic rings. The van der Waals surface area contributed by atoms with E-state index in [4.69, 9.17) is 4.74 Å². The Morgan fingerprint density at radius 2 is 1.89 bits per heavy atom. The Labute approximate surface area is 109 Å². The van der Waals surface area contributed by atoms with Gasteiger partial charge in [-0.2, -0.15) is 0 Å². The van der Waals surface area contributed by atoms with Gasteiger partial charge in [-0.25, -0.2) is 0 Å². The second-order valence-corrected chi connectivity index (χ2v) is 4.57. The average molecular weight is 250 g/mol. The highest BCUT2D eigenvalue weighted by molar-refractivity contribution is 5.73. The van der Waals surface area contributed by atoms with Crippen molar-refractivity contribution < 1.29 is 14.6 Å². The first kappa shape index (κ1) is 14.7. The van der Waals surface area contributed by atoms with Crippen molar-refractivity contribution in [3.8, 4) is 0 Å². The van der Waals surface area contributed by atoms with Gasteiger partial charge in [0, 0.05) is 0 Å². The number of aliphatic hydroxyl groups is 1. The Bertz CT molecular complexity index is 397. The van der Waals surface area contributed by atoms with Gasteiger partial charge in [0.1, 0.15) is 5.60 Å². The summed E-state index contributed by atoms with van der Waals surface area (Å²) in [7, 11) is 1.34. The zero-order valence-corrected chi connectivity index (χ0v) is 11.6. The molecule has 0 aromatic heterocycles. The van der Waals surface area contributed by atoms with E-state index in [1.165, 1.54) is 12.7 Å². The predicted molar refractivity (Wildman–Crippen MR) is 71.2 cm³/mol. The number of ether oxygens (including phenoxy) is 1. The maximum atomic E-state index is 11.6. The molecule has 3 nitrogen and oxygen atoms in total. The van der Waals surface area contributed by atoms with Crippen molar-refractivity contribution in [2.45, 2.75) is 39.2 Å². The molecule has 0 saturated carbocycles. The summed E-state index contributed by atoms with van der Waals surface area (Å²) in [5.41, 5.74) is 0.808. The molecule has 0 aliphatic heterocycles. The fraction of sp³-hybridized carbons (Fsp3) is 0.533. The van der Waals surface area contributed by atoms with Crippen molar-refractivity contribution in [3.05, 3.63) is 35.4 Å². The molecule has 2 atom stereocenters. The number of carbonyl (C=O) groups is 1. The normalized spacial score (nSPS) is 15.8. The molecule has 0 spiro atoms. The molecule has 0 amide bonds. The van der Waals surface area contributed by atoms with E-state index in [9.17, 15) is 9.90 Å². The molecule has 3 heteroatoms. The van der Waals surface area contributed by atoms with Crippen LogP contribution < -0.4 is 0 Å². The standard InChI is InChI=1S/C15H22O3/c1-5-12-7-9-13(10-8-12)15(17,6-2)11(3)14(16)18-4/h7-11,17H,5-6H2,1-4H3. The van der Waals surface area contributed by atoms with Crippen LogP contribution in [-0.4, -0.2) is 18.2 Å². The monoisotopic (exact) mass is 250 g/mol. The maximum absolute atomic E-state index is 11.6. The molecular weight excluding hydrogens is 228 g/mol. The molecule has 0 radical (unpaired) electrons. The van der Waals surface area contributed by atoms with Crippen LogP contribution in [0.2, 0.25) is 0 Å². The Hall–Kier alpha value is -1.35. The Morgan fingerprint density at radius 3 is 2.28 bits per heavy atom. The molecule has 18 heavy (non-hydrogen) atoms. The van der Waals surface area contributed by atoms with Crippen LogP contribution in [0.15, 0.2) is 24.3 Å². The van der Waals surface area contributed by atoms with Crippen LogP contribution in [-0.2, 0) is 21.6 Å². The highest BCUT2D eigenvalue weighted by Crippen LogP contribution is 2.33. The van der Waals surface area contributed by atoms with Gasteiger partial charge < -0.3 is 9.84 Å². The number of rotatable bonds is 5. The van der Waals surface area contributed by atoms with Gasteiger partial charge in [0.25, 0.3) is 0 Å². The molecule has 1 rings (SSSR count). The van der Waals surface area contributed by atoms with Gasteiger partial charge in [0.15, 0.2) is 0 Å². The van der Waals surface area contributed by atoms with E-state index in [-0.39, 0.29) is 5.97 Å². The number of aryl methyl sites for hydroxylation is 1. The second-order valence-electron chi connectivity index (χ2n) is 4.57. The first-order valence-corrected chi connectivity index (χ1v) is 6.39. The summed E-state index contributed by atoms with van der Waals surface area (Å²) in [6, 6.07) is 7.75. The van der Waals surface area contributed by atoms with Crippen LogP contribution in [0.3, 0.4) is 0 Å². The molecule has 1 aromatic rings. The van der Waals surface area contributed by atoms with Gasteiger partial charge >= 0.3 is 5.97 Å². The zero-order valence-electron chi connectivity index (χ0n) is 11.6. The minimum atomic E-state index is -1.17. The van der Waals surface area contributed by atoms with Crippen LogP contribution in [0.5, 0.6) is 0 Å². The largest absolute Gasteiger partial charge is 0.469 e. The number of hydrogen-bond acceptors (Lipinski definition) is 3. The van der Waals surface area contributed by atoms with E-state index in [2.05, 4.69) is 6.92 Å². The van der Waals surface area contributed by atoms with Crippen molar-refractivity contribution in [1.82, 2.24) is 0 Å². The van der Waals surface area contributed by atoms with E-state index < -0.39 is 11.5 Å². The van der Waals surface area contributed by atoms with Crippen LogP contribution in [0.25, 0.3) is 0 Å². The quantitative estimate of drug-likeness (QED) is 0.817. The van der Waals surface area contributed by atoms with Crippen molar-refractivity contribution in [2.24, 2.45) is 5.92 Å². The molecular formula is C15H22O3. The molecule has 100 valence electrons. The first-order chi connectivity index (χ1) is 8.49. The minimum absolute atomic E-state index is 0.390. The Morgan fingerprint density at radius 1 is 1.33 bits per heavy atom. The van der Waals surface area contributed by atoms with Crippen LogP contribution in [0.1, 0.15) is 38.3 Å².